The molecule has 3 nitrogen and oxygen atoms in total. The van der Waals surface area contributed by atoms with E-state index >= 15 is 0 Å². The summed E-state index contributed by atoms with van der Waals surface area (Å²) < 4.78 is 6.79. The van der Waals surface area contributed by atoms with Gasteiger partial charge >= 0.3 is 5.97 Å². The molecule has 0 atom stereocenters. The Hall–Kier alpha value is -0.813. The quantitative estimate of drug-likeness (QED) is 0.828. The monoisotopic (exact) mass is 330 g/mol. The zero-order chi connectivity index (χ0) is 14.1. The van der Waals surface area contributed by atoms with Gasteiger partial charge in [-0.05, 0) is 46.2 Å². The number of carboxylic acids is 1. The Morgan fingerprint density at radius 1 is 1.33 bits per heavy atom. The van der Waals surface area contributed by atoms with Crippen molar-refractivity contribution in [3.8, 4) is 5.75 Å². The van der Waals surface area contributed by atoms with Crippen LogP contribution in [0.2, 0.25) is 18.1 Å². The van der Waals surface area contributed by atoms with Crippen LogP contribution in [0.25, 0.3) is 0 Å². The average molecular weight is 331 g/mol. The summed E-state index contributed by atoms with van der Waals surface area (Å²) in [4.78, 5) is 11.2. The Bertz CT molecular complexity index is 464. The van der Waals surface area contributed by atoms with Crippen molar-refractivity contribution in [2.24, 2.45) is 0 Å². The van der Waals surface area contributed by atoms with E-state index in [1.807, 2.05) is 0 Å². The highest BCUT2D eigenvalue weighted by Crippen LogP contribution is 2.40. The Kier molecular flexibility index (Phi) is 4.28. The number of carboxylic acid groups (broad SMARTS) is 1. The van der Waals surface area contributed by atoms with Crippen molar-refractivity contribution in [2.45, 2.75) is 38.9 Å². The topological polar surface area (TPSA) is 46.5 Å². The molecule has 1 aromatic carbocycles. The third kappa shape index (κ3) is 3.14. The molecule has 0 aliphatic rings. The SMILES string of the molecule is CC(C)(C)[Si](C)(C)Oc1c(Br)cccc1C(=O)O. The third-order valence-corrected chi connectivity index (χ3v) is 8.31. The van der Waals surface area contributed by atoms with E-state index in [1.165, 1.54) is 0 Å². The van der Waals surface area contributed by atoms with Crippen molar-refractivity contribution < 1.29 is 14.3 Å². The number of para-hydroxylation sites is 1. The molecular weight excluding hydrogens is 312 g/mol. The number of halogens is 1. The molecule has 0 aromatic heterocycles. The van der Waals surface area contributed by atoms with Crippen molar-refractivity contribution in [2.75, 3.05) is 0 Å². The minimum absolute atomic E-state index is 0.0258. The lowest BCUT2D eigenvalue weighted by Crippen LogP contribution is -2.44. The molecule has 100 valence electrons. The minimum atomic E-state index is -2.05. The van der Waals surface area contributed by atoms with Gasteiger partial charge in [0.25, 0.3) is 8.32 Å². The van der Waals surface area contributed by atoms with Gasteiger partial charge in [0.15, 0.2) is 0 Å². The normalized spacial score (nSPS) is 12.3. The molecule has 0 unspecified atom stereocenters. The average Bonchev–Trinajstić information content (AvgIpc) is 2.18. The number of rotatable bonds is 3. The van der Waals surface area contributed by atoms with Crippen LogP contribution in [-0.4, -0.2) is 19.4 Å². The maximum absolute atomic E-state index is 11.2. The molecule has 1 aromatic rings. The lowest BCUT2D eigenvalue weighted by molar-refractivity contribution is 0.0694. The highest BCUT2D eigenvalue weighted by atomic mass is 79.9. The molecule has 5 heteroatoms. The van der Waals surface area contributed by atoms with E-state index in [2.05, 4.69) is 49.8 Å². The van der Waals surface area contributed by atoms with Gasteiger partial charge in [-0.1, -0.05) is 26.8 Å². The summed E-state index contributed by atoms with van der Waals surface area (Å²) in [6.07, 6.45) is 0. The minimum Gasteiger partial charge on any atom is -0.542 e. The summed E-state index contributed by atoms with van der Waals surface area (Å²) in [5.41, 5.74) is 0.203. The molecule has 0 radical (unpaired) electrons. The molecule has 0 aliphatic carbocycles. The number of hydrogen-bond donors (Lipinski definition) is 1. The van der Waals surface area contributed by atoms with Crippen molar-refractivity contribution in [3.63, 3.8) is 0 Å². The zero-order valence-electron chi connectivity index (χ0n) is 11.4. The lowest BCUT2D eigenvalue weighted by atomic mass is 10.2. The Labute approximate surface area is 117 Å². The van der Waals surface area contributed by atoms with Gasteiger partial charge in [-0.15, -0.1) is 0 Å². The van der Waals surface area contributed by atoms with E-state index in [9.17, 15) is 9.90 Å². The zero-order valence-corrected chi connectivity index (χ0v) is 14.0. The van der Waals surface area contributed by atoms with Gasteiger partial charge in [0.1, 0.15) is 11.3 Å². The van der Waals surface area contributed by atoms with E-state index in [-0.39, 0.29) is 10.6 Å². The Morgan fingerprint density at radius 2 is 1.89 bits per heavy atom. The maximum atomic E-state index is 11.2. The third-order valence-electron chi connectivity index (χ3n) is 3.36. The Balaban J connectivity index is 3.23. The fourth-order valence-corrected chi connectivity index (χ4v) is 2.82. The van der Waals surface area contributed by atoms with Crippen LogP contribution in [-0.2, 0) is 0 Å². The summed E-state index contributed by atoms with van der Waals surface area (Å²) in [5, 5.41) is 9.23. The van der Waals surface area contributed by atoms with Gasteiger partial charge in [-0.25, -0.2) is 4.79 Å². The predicted octanol–water partition coefficient (Wildman–Crippen LogP) is 4.53. The molecule has 0 bridgehead atoms. The van der Waals surface area contributed by atoms with E-state index in [0.29, 0.717) is 10.2 Å². The van der Waals surface area contributed by atoms with Gasteiger partial charge in [-0.2, -0.15) is 0 Å². The van der Waals surface area contributed by atoms with Crippen LogP contribution in [0.15, 0.2) is 22.7 Å². The molecule has 0 saturated carbocycles. The lowest BCUT2D eigenvalue weighted by Gasteiger charge is -2.37. The highest BCUT2D eigenvalue weighted by Gasteiger charge is 2.40. The molecule has 0 fully saturated rings. The van der Waals surface area contributed by atoms with Crippen molar-refractivity contribution in [1.82, 2.24) is 0 Å². The van der Waals surface area contributed by atoms with Crippen molar-refractivity contribution in [3.05, 3.63) is 28.2 Å². The predicted molar refractivity (Wildman–Crippen MR) is 78.9 cm³/mol. The summed E-state index contributed by atoms with van der Waals surface area (Å²) in [6.45, 7) is 10.6. The first kappa shape index (κ1) is 15.2. The second-order valence-corrected chi connectivity index (χ2v) is 11.4. The smallest absolute Gasteiger partial charge is 0.339 e. The number of aromatic carboxylic acids is 1. The molecule has 0 saturated heterocycles. The first-order chi connectivity index (χ1) is 8.06. The molecule has 18 heavy (non-hydrogen) atoms. The van der Waals surface area contributed by atoms with Crippen molar-refractivity contribution in [1.29, 1.82) is 0 Å². The molecule has 0 amide bonds. The molecule has 0 spiro atoms. The number of carbonyl (C=O) groups is 1. The summed E-state index contributed by atoms with van der Waals surface area (Å²) in [5.74, 6) is -0.526. The molecule has 0 aliphatic heterocycles. The van der Waals surface area contributed by atoms with Gasteiger partial charge in [-0.3, -0.25) is 0 Å². The van der Waals surface area contributed by atoms with Gasteiger partial charge in [0.2, 0.25) is 0 Å². The van der Waals surface area contributed by atoms with Crippen LogP contribution >= 0.6 is 15.9 Å². The van der Waals surface area contributed by atoms with E-state index in [0.717, 1.165) is 0 Å². The standard InChI is InChI=1S/C13H19BrO3Si/c1-13(2,3)18(4,5)17-11-9(12(15)16)7-6-8-10(11)14/h6-8H,1-5H3,(H,15,16). The summed E-state index contributed by atoms with van der Waals surface area (Å²) in [7, 11) is -2.05. The van der Waals surface area contributed by atoms with E-state index < -0.39 is 14.3 Å². The molecule has 1 rings (SSSR count). The molecular formula is C13H19BrO3Si. The van der Waals surface area contributed by atoms with Crippen molar-refractivity contribution >= 4 is 30.2 Å². The van der Waals surface area contributed by atoms with Crippen LogP contribution in [0.1, 0.15) is 31.1 Å². The second kappa shape index (κ2) is 5.05. The van der Waals surface area contributed by atoms with Crippen LogP contribution in [0.3, 0.4) is 0 Å². The van der Waals surface area contributed by atoms with Gasteiger partial charge in [0.05, 0.1) is 4.47 Å². The van der Waals surface area contributed by atoms with Gasteiger partial charge in [0, 0.05) is 0 Å². The first-order valence-electron chi connectivity index (χ1n) is 5.77. The Morgan fingerprint density at radius 3 is 2.33 bits per heavy atom. The second-order valence-electron chi connectivity index (χ2n) is 5.78. The van der Waals surface area contributed by atoms with Crippen LogP contribution in [0, 0.1) is 0 Å². The fraction of sp³-hybridized carbons (Fsp3) is 0.462. The first-order valence-corrected chi connectivity index (χ1v) is 9.47. The fourth-order valence-electron chi connectivity index (χ4n) is 1.19. The molecule has 0 heterocycles. The largest absolute Gasteiger partial charge is 0.542 e. The van der Waals surface area contributed by atoms with E-state index in [4.69, 9.17) is 4.43 Å². The van der Waals surface area contributed by atoms with Gasteiger partial charge < -0.3 is 9.53 Å². The number of hydrogen-bond acceptors (Lipinski definition) is 2. The molecule has 1 N–H and O–H groups in total. The van der Waals surface area contributed by atoms with Crippen LogP contribution in [0.4, 0.5) is 0 Å². The number of benzene rings is 1. The summed E-state index contributed by atoms with van der Waals surface area (Å²) >= 11 is 3.37. The van der Waals surface area contributed by atoms with Crippen LogP contribution < -0.4 is 4.43 Å². The highest BCUT2D eigenvalue weighted by molar-refractivity contribution is 9.10. The van der Waals surface area contributed by atoms with Crippen LogP contribution in [0.5, 0.6) is 5.75 Å². The summed E-state index contributed by atoms with van der Waals surface area (Å²) in [6, 6.07) is 5.07. The maximum Gasteiger partial charge on any atom is 0.339 e. The van der Waals surface area contributed by atoms with E-state index in [1.54, 1.807) is 18.2 Å².